The van der Waals surface area contributed by atoms with E-state index in [1.807, 2.05) is 0 Å². The number of benzene rings is 2. The quantitative estimate of drug-likeness (QED) is 0.373. The predicted octanol–water partition coefficient (Wildman–Crippen LogP) is 6.50. The highest BCUT2D eigenvalue weighted by Gasteiger charge is 2.57. The van der Waals surface area contributed by atoms with E-state index in [4.69, 9.17) is 23.2 Å². The molecule has 0 saturated heterocycles. The molecular formula is C24H20Cl2F3N5OS. The number of fused-ring (bicyclic) bond motifs is 2. The molecule has 1 amide bonds. The van der Waals surface area contributed by atoms with E-state index in [1.54, 1.807) is 30.3 Å². The average molecular weight is 554 g/mol. The van der Waals surface area contributed by atoms with Crippen LogP contribution in [0.1, 0.15) is 28.4 Å². The van der Waals surface area contributed by atoms with Crippen molar-refractivity contribution < 1.29 is 18.0 Å². The van der Waals surface area contributed by atoms with Crippen LogP contribution in [-0.4, -0.2) is 46.4 Å². The number of amides is 1. The number of carbonyl (C=O) groups is 1. The van der Waals surface area contributed by atoms with Crippen LogP contribution >= 0.6 is 35.0 Å². The number of anilines is 3. The third-order valence-electron chi connectivity index (χ3n) is 6.69. The van der Waals surface area contributed by atoms with Crippen molar-refractivity contribution in [1.29, 1.82) is 0 Å². The van der Waals surface area contributed by atoms with Gasteiger partial charge in [0.15, 0.2) is 0 Å². The molecule has 3 aromatic rings. The van der Waals surface area contributed by atoms with Crippen LogP contribution in [0.25, 0.3) is 0 Å². The van der Waals surface area contributed by atoms with E-state index >= 15 is 0 Å². The second kappa shape index (κ2) is 9.09. The molecule has 0 radical (unpaired) electrons. The average Bonchev–Trinajstić information content (AvgIpc) is 2.82. The monoisotopic (exact) mass is 553 g/mol. The number of nitrogens with zero attached hydrogens (tertiary/aromatic N) is 4. The van der Waals surface area contributed by atoms with Gasteiger partial charge in [0, 0.05) is 18.4 Å². The number of alkyl halides is 3. The molecular weight excluding hydrogens is 534 g/mol. The Labute approximate surface area is 219 Å². The molecule has 1 aromatic heterocycles. The van der Waals surface area contributed by atoms with Crippen LogP contribution in [0.4, 0.5) is 30.5 Å². The van der Waals surface area contributed by atoms with Gasteiger partial charge in [0.1, 0.15) is 10.6 Å². The highest BCUT2D eigenvalue weighted by Crippen LogP contribution is 2.47. The maximum Gasteiger partial charge on any atom is 0.410 e. The van der Waals surface area contributed by atoms with Crippen molar-refractivity contribution in [2.45, 2.75) is 30.1 Å². The Morgan fingerprint density at radius 2 is 1.89 bits per heavy atom. The number of rotatable bonds is 3. The first-order valence-electron chi connectivity index (χ1n) is 10.9. The normalized spacial score (nSPS) is 20.2. The number of nitrogens with one attached hydrogen (secondary N) is 1. The van der Waals surface area contributed by atoms with E-state index in [-0.39, 0.29) is 29.8 Å². The molecule has 0 spiro atoms. The van der Waals surface area contributed by atoms with Gasteiger partial charge in [0.2, 0.25) is 5.95 Å². The third-order valence-corrected chi connectivity index (χ3v) is 8.27. The Hall–Kier alpha value is -2.53. The van der Waals surface area contributed by atoms with Crippen molar-refractivity contribution in [3.05, 3.63) is 69.3 Å². The Kier molecular flexibility index (Phi) is 6.35. The first kappa shape index (κ1) is 25.1. The number of aromatic nitrogens is 2. The molecule has 6 nitrogen and oxygen atoms in total. The number of thioether (sulfide) groups is 1. The lowest BCUT2D eigenvalue weighted by Crippen LogP contribution is -2.55. The number of halogens is 5. The van der Waals surface area contributed by atoms with Crippen LogP contribution in [-0.2, 0) is 12.0 Å². The number of likely N-dealkylation sites (N-methyl/N-ethyl adjacent to an activating group) is 1. The van der Waals surface area contributed by atoms with Crippen LogP contribution in [0.15, 0.2) is 47.6 Å². The zero-order valence-electron chi connectivity index (χ0n) is 19.2. The van der Waals surface area contributed by atoms with E-state index in [0.717, 1.165) is 0 Å². The molecule has 5 rings (SSSR count). The fraction of sp³-hybridized carbons (Fsp3) is 0.292. The van der Waals surface area contributed by atoms with Gasteiger partial charge in [0.25, 0.3) is 5.91 Å². The summed E-state index contributed by atoms with van der Waals surface area (Å²) in [5.74, 6) is 0.174. The molecule has 1 N–H and O–H groups in total. The van der Waals surface area contributed by atoms with Crippen LogP contribution in [0.5, 0.6) is 0 Å². The fourth-order valence-electron chi connectivity index (χ4n) is 4.49. The minimum absolute atomic E-state index is 0.236. The summed E-state index contributed by atoms with van der Waals surface area (Å²) in [7, 11) is 1.49. The van der Waals surface area contributed by atoms with Gasteiger partial charge in [-0.25, -0.2) is 9.97 Å². The van der Waals surface area contributed by atoms with Crippen molar-refractivity contribution in [3.63, 3.8) is 0 Å². The molecule has 3 heterocycles. The third kappa shape index (κ3) is 4.09. The highest BCUT2D eigenvalue weighted by molar-refractivity contribution is 7.99. The largest absolute Gasteiger partial charge is 0.410 e. The van der Waals surface area contributed by atoms with Gasteiger partial charge in [0.05, 0.1) is 27.2 Å². The molecule has 2 aromatic carbocycles. The van der Waals surface area contributed by atoms with Gasteiger partial charge in [-0.2, -0.15) is 13.2 Å². The van der Waals surface area contributed by atoms with Gasteiger partial charge in [-0.1, -0.05) is 47.1 Å². The van der Waals surface area contributed by atoms with Gasteiger partial charge in [-0.15, -0.1) is 0 Å². The molecule has 12 heteroatoms. The Morgan fingerprint density at radius 1 is 1.17 bits per heavy atom. The number of hydrogen-bond acceptors (Lipinski definition) is 6. The second-order valence-corrected chi connectivity index (χ2v) is 10.5. The van der Waals surface area contributed by atoms with Gasteiger partial charge < -0.3 is 5.32 Å². The summed E-state index contributed by atoms with van der Waals surface area (Å²) in [4.78, 5) is 24.7. The molecule has 1 unspecified atom stereocenters. The van der Waals surface area contributed by atoms with E-state index in [2.05, 4.69) is 15.3 Å². The number of para-hydroxylation sites is 1. The Morgan fingerprint density at radius 3 is 2.58 bits per heavy atom. The molecule has 0 aliphatic carbocycles. The molecule has 0 fully saturated rings. The van der Waals surface area contributed by atoms with Crippen LogP contribution in [0.3, 0.4) is 0 Å². The summed E-state index contributed by atoms with van der Waals surface area (Å²) in [6.45, 7) is 1.49. The molecule has 0 saturated carbocycles. The SMILES string of the molecule is CN1CCc2cc(Nc3ncc4c(n3)SCN(c3c(Cl)cccc3Cl)C4=O)ccc2C1(C)C(F)(F)F. The van der Waals surface area contributed by atoms with Crippen molar-refractivity contribution >= 4 is 58.2 Å². The molecule has 188 valence electrons. The van der Waals surface area contributed by atoms with Crippen LogP contribution < -0.4 is 10.2 Å². The first-order chi connectivity index (χ1) is 17.0. The minimum atomic E-state index is -4.42. The van der Waals surface area contributed by atoms with Gasteiger partial charge in [-0.3, -0.25) is 14.6 Å². The second-order valence-electron chi connectivity index (χ2n) is 8.73. The lowest BCUT2D eigenvalue weighted by Gasteiger charge is -2.45. The summed E-state index contributed by atoms with van der Waals surface area (Å²) in [6.07, 6.45) is -2.51. The van der Waals surface area contributed by atoms with Crippen LogP contribution in [0, 0.1) is 0 Å². The molecule has 1 atom stereocenters. The summed E-state index contributed by atoms with van der Waals surface area (Å²) in [5, 5.41) is 4.27. The van der Waals surface area contributed by atoms with Gasteiger partial charge >= 0.3 is 6.18 Å². The van der Waals surface area contributed by atoms with E-state index in [1.165, 1.54) is 47.8 Å². The fourth-order valence-corrected chi connectivity index (χ4v) is 6.04. The number of hydrogen-bond donors (Lipinski definition) is 1. The van der Waals surface area contributed by atoms with Crippen molar-refractivity contribution in [1.82, 2.24) is 14.9 Å². The lowest BCUT2D eigenvalue weighted by molar-refractivity contribution is -0.230. The maximum absolute atomic E-state index is 13.9. The zero-order valence-corrected chi connectivity index (χ0v) is 21.5. The topological polar surface area (TPSA) is 61.4 Å². The van der Waals surface area contributed by atoms with E-state index in [0.29, 0.717) is 44.0 Å². The Balaban J connectivity index is 1.40. The van der Waals surface area contributed by atoms with Crippen LogP contribution in [0.2, 0.25) is 10.0 Å². The summed E-state index contributed by atoms with van der Waals surface area (Å²) < 4.78 is 41.8. The summed E-state index contributed by atoms with van der Waals surface area (Å²) in [5.41, 5.74) is 0.0978. The number of carbonyl (C=O) groups excluding carboxylic acids is 1. The molecule has 36 heavy (non-hydrogen) atoms. The molecule has 2 aliphatic heterocycles. The van der Waals surface area contributed by atoms with Crippen molar-refractivity contribution in [2.24, 2.45) is 0 Å². The molecule has 2 aliphatic rings. The maximum atomic E-state index is 13.9. The summed E-state index contributed by atoms with van der Waals surface area (Å²) >= 11 is 13.9. The lowest BCUT2D eigenvalue weighted by atomic mass is 9.81. The standard InChI is InChI=1S/C24H20Cl2F3N5OS/c1-23(24(27,28)29)16-7-6-14(10-13(16)8-9-33(23)2)31-22-30-11-15-20(32-22)36-12-34(21(15)35)19-17(25)4-3-5-18(19)26/h3-7,10-11H,8-9,12H2,1-2H3,(H,30,31,32). The minimum Gasteiger partial charge on any atom is -0.324 e. The van der Waals surface area contributed by atoms with Crippen molar-refractivity contribution in [2.75, 3.05) is 29.7 Å². The smallest absolute Gasteiger partial charge is 0.324 e. The Bertz CT molecular complexity index is 1350. The highest BCUT2D eigenvalue weighted by atomic mass is 35.5. The van der Waals surface area contributed by atoms with E-state index < -0.39 is 11.7 Å². The van der Waals surface area contributed by atoms with Crippen molar-refractivity contribution in [3.8, 4) is 0 Å². The zero-order chi connectivity index (χ0) is 25.8. The molecule has 0 bridgehead atoms. The summed E-state index contributed by atoms with van der Waals surface area (Å²) in [6, 6.07) is 9.82. The van der Waals surface area contributed by atoms with E-state index in [9.17, 15) is 18.0 Å². The first-order valence-corrected chi connectivity index (χ1v) is 12.7. The predicted molar refractivity (Wildman–Crippen MR) is 135 cm³/mol. The van der Waals surface area contributed by atoms with Gasteiger partial charge in [-0.05, 0) is 55.8 Å².